The summed E-state index contributed by atoms with van der Waals surface area (Å²) in [6.07, 6.45) is 1.97. The highest BCUT2D eigenvalue weighted by Gasteiger charge is 2.14. The van der Waals surface area contributed by atoms with Gasteiger partial charge < -0.3 is 14.7 Å². The lowest BCUT2D eigenvalue weighted by atomic mass is 10.1. The van der Waals surface area contributed by atoms with E-state index in [0.29, 0.717) is 12.0 Å². The number of ether oxygens (including phenoxy) is 1. The van der Waals surface area contributed by atoms with Gasteiger partial charge in [-0.1, -0.05) is 6.07 Å². The lowest BCUT2D eigenvalue weighted by Gasteiger charge is -2.18. The number of aldehydes is 1. The summed E-state index contributed by atoms with van der Waals surface area (Å²) >= 11 is 0. The van der Waals surface area contributed by atoms with Gasteiger partial charge in [0.05, 0.1) is 5.56 Å². The predicted octanol–water partition coefficient (Wildman–Crippen LogP) is 3.69. The number of carbonyl (C=O) groups excluding carboxylic acids is 2. The minimum atomic E-state index is -0.938. The molecule has 0 aliphatic carbocycles. The molecule has 2 N–H and O–H groups in total. The Hall–Kier alpha value is -3.09. The van der Waals surface area contributed by atoms with E-state index in [1.54, 1.807) is 6.07 Å². The molecule has 136 valence electrons. The van der Waals surface area contributed by atoms with Crippen molar-refractivity contribution in [1.82, 2.24) is 0 Å². The maximum atomic E-state index is 13.5. The van der Waals surface area contributed by atoms with Crippen molar-refractivity contribution in [2.24, 2.45) is 0 Å². The summed E-state index contributed by atoms with van der Waals surface area (Å²) in [7, 11) is 0. The van der Waals surface area contributed by atoms with Crippen molar-refractivity contribution in [3.05, 3.63) is 53.3 Å². The highest BCUT2D eigenvalue weighted by atomic mass is 19.1. The molecule has 3 rings (SSSR count). The van der Waals surface area contributed by atoms with Crippen LogP contribution in [0.1, 0.15) is 28.8 Å². The Morgan fingerprint density at radius 2 is 2.04 bits per heavy atom. The van der Waals surface area contributed by atoms with E-state index in [-0.39, 0.29) is 17.7 Å². The highest BCUT2D eigenvalue weighted by Crippen LogP contribution is 2.24. The SMILES string of the molecule is O=Cc1cc(COC(=O)Nc2cccc(N3CCCC3)c2)cc(F)c1O. The summed E-state index contributed by atoms with van der Waals surface area (Å²) in [5.74, 6) is -1.65. The van der Waals surface area contributed by atoms with E-state index in [9.17, 15) is 19.1 Å². The predicted molar refractivity (Wildman–Crippen MR) is 95.1 cm³/mol. The fraction of sp³-hybridized carbons (Fsp3) is 0.263. The molecule has 2 aromatic rings. The zero-order valence-corrected chi connectivity index (χ0v) is 14.1. The average molecular weight is 358 g/mol. The lowest BCUT2D eigenvalue weighted by Crippen LogP contribution is -2.18. The standard InChI is InChI=1S/C19H19FN2O4/c20-17-9-13(8-14(11-23)18(17)24)12-26-19(25)21-15-4-3-5-16(10-15)22-6-1-2-7-22/h3-5,8-11,24H,1-2,6-7,12H2,(H,21,25). The number of phenolic OH excluding ortho intramolecular Hbond substituents is 1. The van der Waals surface area contributed by atoms with Gasteiger partial charge in [0.1, 0.15) is 6.61 Å². The molecule has 1 aliphatic rings. The zero-order chi connectivity index (χ0) is 18.5. The van der Waals surface area contributed by atoms with E-state index in [4.69, 9.17) is 4.74 Å². The number of halogens is 1. The molecule has 1 heterocycles. The number of hydrogen-bond donors (Lipinski definition) is 2. The monoisotopic (exact) mass is 358 g/mol. The molecule has 7 heteroatoms. The quantitative estimate of drug-likeness (QED) is 0.797. The van der Waals surface area contributed by atoms with Crippen molar-refractivity contribution in [2.45, 2.75) is 19.4 Å². The third-order valence-corrected chi connectivity index (χ3v) is 4.21. The molecule has 1 amide bonds. The third kappa shape index (κ3) is 4.11. The van der Waals surface area contributed by atoms with Crippen LogP contribution in [0, 0.1) is 5.82 Å². The van der Waals surface area contributed by atoms with Gasteiger partial charge in [-0.3, -0.25) is 10.1 Å². The summed E-state index contributed by atoms with van der Waals surface area (Å²) in [6, 6.07) is 9.76. The minimum Gasteiger partial charge on any atom is -0.504 e. The summed E-state index contributed by atoms with van der Waals surface area (Å²) in [5.41, 5.74) is 1.71. The number of hydrogen-bond acceptors (Lipinski definition) is 5. The van der Waals surface area contributed by atoms with Crippen molar-refractivity contribution in [2.75, 3.05) is 23.3 Å². The number of nitrogens with one attached hydrogen (secondary N) is 1. The van der Waals surface area contributed by atoms with Gasteiger partial charge in [0, 0.05) is 24.5 Å². The van der Waals surface area contributed by atoms with Gasteiger partial charge in [0.15, 0.2) is 17.9 Å². The number of nitrogens with zero attached hydrogens (tertiary/aromatic N) is 1. The first-order valence-corrected chi connectivity index (χ1v) is 8.32. The number of aromatic hydroxyl groups is 1. The molecule has 26 heavy (non-hydrogen) atoms. The Morgan fingerprint density at radius 3 is 2.77 bits per heavy atom. The van der Waals surface area contributed by atoms with Gasteiger partial charge in [0.2, 0.25) is 0 Å². The zero-order valence-electron chi connectivity index (χ0n) is 14.1. The van der Waals surface area contributed by atoms with E-state index < -0.39 is 17.7 Å². The molecule has 1 aliphatic heterocycles. The number of amides is 1. The maximum Gasteiger partial charge on any atom is 0.411 e. The van der Waals surface area contributed by atoms with Gasteiger partial charge in [-0.05, 0) is 48.7 Å². The highest BCUT2D eigenvalue weighted by molar-refractivity contribution is 5.85. The van der Waals surface area contributed by atoms with Crippen molar-refractivity contribution in [3.63, 3.8) is 0 Å². The third-order valence-electron chi connectivity index (χ3n) is 4.21. The van der Waals surface area contributed by atoms with E-state index in [1.807, 2.05) is 18.2 Å². The molecule has 0 atom stereocenters. The van der Waals surface area contributed by atoms with E-state index in [1.165, 1.54) is 6.07 Å². The van der Waals surface area contributed by atoms with Crippen molar-refractivity contribution in [1.29, 1.82) is 0 Å². The molecular weight excluding hydrogens is 339 g/mol. The summed E-state index contributed by atoms with van der Waals surface area (Å²) in [6.45, 7) is 1.77. The van der Waals surface area contributed by atoms with Gasteiger partial charge >= 0.3 is 6.09 Å². The molecule has 0 saturated carbocycles. The van der Waals surface area contributed by atoms with Crippen LogP contribution in [0.5, 0.6) is 5.75 Å². The molecule has 0 unspecified atom stereocenters. The lowest BCUT2D eigenvalue weighted by molar-refractivity contribution is 0.112. The first kappa shape index (κ1) is 17.7. The number of benzene rings is 2. The molecule has 0 aromatic heterocycles. The molecule has 0 spiro atoms. The van der Waals surface area contributed by atoms with Gasteiger partial charge in [-0.15, -0.1) is 0 Å². The van der Waals surface area contributed by atoms with Crippen LogP contribution in [-0.2, 0) is 11.3 Å². The molecule has 0 radical (unpaired) electrons. The van der Waals surface area contributed by atoms with Crippen LogP contribution in [0.3, 0.4) is 0 Å². The molecule has 1 saturated heterocycles. The van der Waals surface area contributed by atoms with Crippen LogP contribution in [0.2, 0.25) is 0 Å². The second-order valence-electron chi connectivity index (χ2n) is 6.08. The van der Waals surface area contributed by atoms with Crippen molar-refractivity contribution < 1.29 is 23.8 Å². The Labute approximate surface area is 150 Å². The Kier molecular flexibility index (Phi) is 5.36. The average Bonchev–Trinajstić information content (AvgIpc) is 3.17. The second-order valence-corrected chi connectivity index (χ2v) is 6.08. The molecule has 0 bridgehead atoms. The fourth-order valence-electron chi connectivity index (χ4n) is 2.91. The molecular formula is C19H19FN2O4. The van der Waals surface area contributed by atoms with Crippen molar-refractivity contribution in [3.8, 4) is 5.75 Å². The van der Waals surface area contributed by atoms with Crippen LogP contribution in [0.25, 0.3) is 0 Å². The van der Waals surface area contributed by atoms with E-state index in [0.717, 1.165) is 37.7 Å². The normalized spacial score (nSPS) is 13.5. The van der Waals surface area contributed by atoms with Gasteiger partial charge in [-0.2, -0.15) is 0 Å². The summed E-state index contributed by atoms with van der Waals surface area (Å²) in [5, 5.41) is 12.0. The topological polar surface area (TPSA) is 78.9 Å². The van der Waals surface area contributed by atoms with Crippen LogP contribution >= 0.6 is 0 Å². The smallest absolute Gasteiger partial charge is 0.411 e. The van der Waals surface area contributed by atoms with Gasteiger partial charge in [-0.25, -0.2) is 9.18 Å². The number of carbonyl (C=O) groups is 2. The van der Waals surface area contributed by atoms with Crippen LogP contribution in [-0.4, -0.2) is 30.6 Å². The fourth-order valence-corrected chi connectivity index (χ4v) is 2.91. The molecule has 1 fully saturated rings. The molecule has 6 nitrogen and oxygen atoms in total. The van der Waals surface area contributed by atoms with Gasteiger partial charge in [0.25, 0.3) is 0 Å². The summed E-state index contributed by atoms with van der Waals surface area (Å²) in [4.78, 5) is 25.0. The molecule has 2 aromatic carbocycles. The Morgan fingerprint density at radius 1 is 1.27 bits per heavy atom. The number of anilines is 2. The maximum absolute atomic E-state index is 13.5. The first-order chi connectivity index (χ1) is 12.6. The van der Waals surface area contributed by atoms with Crippen LogP contribution in [0.4, 0.5) is 20.6 Å². The van der Waals surface area contributed by atoms with Crippen LogP contribution in [0.15, 0.2) is 36.4 Å². The van der Waals surface area contributed by atoms with Crippen LogP contribution < -0.4 is 10.2 Å². The number of rotatable bonds is 5. The summed E-state index contributed by atoms with van der Waals surface area (Å²) < 4.78 is 18.6. The Bertz CT molecular complexity index is 819. The largest absolute Gasteiger partial charge is 0.504 e. The Balaban J connectivity index is 1.60. The second kappa shape index (κ2) is 7.86. The first-order valence-electron chi connectivity index (χ1n) is 8.32. The minimum absolute atomic E-state index is 0.192. The van der Waals surface area contributed by atoms with E-state index in [2.05, 4.69) is 10.2 Å². The number of phenols is 1. The van der Waals surface area contributed by atoms with E-state index >= 15 is 0 Å². The van der Waals surface area contributed by atoms with Crippen molar-refractivity contribution >= 4 is 23.8 Å².